The second kappa shape index (κ2) is 11.9. The lowest BCUT2D eigenvalue weighted by molar-refractivity contribution is -0.360. The molecule has 14 heteroatoms. The Hall–Kier alpha value is -5.08. The van der Waals surface area contributed by atoms with Gasteiger partial charge in [0.05, 0.1) is 0 Å². The van der Waals surface area contributed by atoms with Crippen LogP contribution in [0, 0.1) is 12.7 Å². The van der Waals surface area contributed by atoms with E-state index < -0.39 is 42.0 Å². The minimum Gasteiger partial charge on any atom is -0.427 e. The highest BCUT2D eigenvalue weighted by molar-refractivity contribution is 5.96. The van der Waals surface area contributed by atoms with Gasteiger partial charge in [-0.15, -0.1) is 0 Å². The number of carbonyl (C=O) groups is 5. The molecule has 7 rings (SSSR count). The van der Waals surface area contributed by atoms with Crippen molar-refractivity contribution in [1.82, 2.24) is 19.8 Å². The summed E-state index contributed by atoms with van der Waals surface area (Å²) in [7, 11) is 0. The molecule has 5 aliphatic rings. The third-order valence-corrected chi connectivity index (χ3v) is 9.12. The van der Waals surface area contributed by atoms with Crippen LogP contribution in [-0.2, 0) is 38.2 Å². The van der Waals surface area contributed by atoms with Crippen LogP contribution >= 0.6 is 0 Å². The number of hydrogen-bond acceptors (Lipinski definition) is 11. The average molecular weight is 647 g/mol. The fraction of sp³-hybridized carbons (Fsp3) is 0.364. The lowest BCUT2D eigenvalue weighted by Gasteiger charge is -2.39. The van der Waals surface area contributed by atoms with Gasteiger partial charge in [-0.05, 0) is 42.2 Å². The maximum absolute atomic E-state index is 13.7. The molecule has 0 radical (unpaired) electrons. The standard InChI is InChI=1S/C33H31FN4O9/c1-20-2-7-23-25(18-20)24(21-3-5-22(34)6-4-21)19-26(23)36-15-12-35(13-16-36)14-17-37-31-33(45-28(40)9-8-27(39)44-31)38(32(37)43)47-30(42)11-10-29(41)46-33/h2-11,18,24,26,31H,12-17,19H2,1H3/b9-8-,11-10-. The summed E-state index contributed by atoms with van der Waals surface area (Å²) in [5.41, 5.74) is 4.78. The molecule has 0 N–H and O–H groups in total. The van der Waals surface area contributed by atoms with Gasteiger partial charge in [0, 0.05) is 75.5 Å². The monoisotopic (exact) mass is 646 g/mol. The van der Waals surface area contributed by atoms with Crippen LogP contribution < -0.4 is 0 Å². The molecular formula is C33H31FN4O9. The minimum absolute atomic E-state index is 0.0446. The Morgan fingerprint density at radius 3 is 2.15 bits per heavy atom. The molecule has 13 nitrogen and oxygen atoms in total. The SMILES string of the molecule is Cc1ccc2c(c1)C(c1ccc(F)cc1)CC2N1CCN(CCN2C(=O)N3OC(=O)/C=C\C(=O)OC34OC(=O)/C=C\C(=O)OC24)CC1. The quantitative estimate of drug-likeness (QED) is 0.443. The first-order valence-electron chi connectivity index (χ1n) is 15.3. The van der Waals surface area contributed by atoms with E-state index in [4.69, 9.17) is 19.0 Å². The van der Waals surface area contributed by atoms with Crippen molar-refractivity contribution in [2.24, 2.45) is 0 Å². The van der Waals surface area contributed by atoms with Crippen LogP contribution in [0.3, 0.4) is 0 Å². The van der Waals surface area contributed by atoms with Gasteiger partial charge in [-0.25, -0.2) is 28.4 Å². The van der Waals surface area contributed by atoms with Gasteiger partial charge in [-0.2, -0.15) is 0 Å². The van der Waals surface area contributed by atoms with Gasteiger partial charge in [0.1, 0.15) is 5.82 Å². The van der Waals surface area contributed by atoms with Gasteiger partial charge < -0.3 is 19.0 Å². The lowest BCUT2D eigenvalue weighted by Crippen LogP contribution is -2.60. The fourth-order valence-corrected chi connectivity index (χ4v) is 6.88. The number of amides is 2. The molecule has 2 aromatic rings. The van der Waals surface area contributed by atoms with E-state index in [2.05, 4.69) is 34.9 Å². The van der Waals surface area contributed by atoms with Gasteiger partial charge in [0.15, 0.2) is 0 Å². The molecule has 4 unspecified atom stereocenters. The van der Waals surface area contributed by atoms with Crippen molar-refractivity contribution < 1.29 is 47.4 Å². The zero-order chi connectivity index (χ0) is 32.9. The summed E-state index contributed by atoms with van der Waals surface area (Å²) in [6.07, 6.45) is 2.17. The van der Waals surface area contributed by atoms with E-state index >= 15 is 0 Å². The Labute approximate surface area is 268 Å². The van der Waals surface area contributed by atoms with Crippen LogP contribution in [0.25, 0.3) is 0 Å². The molecule has 0 aromatic heterocycles. The van der Waals surface area contributed by atoms with E-state index in [1.807, 2.05) is 12.1 Å². The van der Waals surface area contributed by atoms with Crippen molar-refractivity contribution in [2.75, 3.05) is 39.3 Å². The lowest BCUT2D eigenvalue weighted by atomic mass is 9.92. The van der Waals surface area contributed by atoms with E-state index in [-0.39, 0.29) is 24.3 Å². The number of ether oxygens (including phenoxy) is 3. The Balaban J connectivity index is 1.05. The molecule has 47 heavy (non-hydrogen) atoms. The summed E-state index contributed by atoms with van der Waals surface area (Å²) >= 11 is 0. The van der Waals surface area contributed by atoms with Crippen LogP contribution in [-0.4, -0.2) is 101 Å². The molecule has 2 amide bonds. The zero-order valence-corrected chi connectivity index (χ0v) is 25.4. The Morgan fingerprint density at radius 1 is 0.787 bits per heavy atom. The summed E-state index contributed by atoms with van der Waals surface area (Å²) in [4.78, 5) is 74.0. The number of piperazine rings is 1. The number of hydrogen-bond donors (Lipinski definition) is 0. The van der Waals surface area contributed by atoms with Crippen molar-refractivity contribution in [1.29, 1.82) is 0 Å². The number of rotatable bonds is 5. The van der Waals surface area contributed by atoms with Crippen molar-refractivity contribution in [2.45, 2.75) is 37.4 Å². The van der Waals surface area contributed by atoms with Gasteiger partial charge >= 0.3 is 35.8 Å². The van der Waals surface area contributed by atoms with E-state index in [1.165, 1.54) is 28.8 Å². The summed E-state index contributed by atoms with van der Waals surface area (Å²) in [5, 5.41) is 0.320. The number of hydroxylamine groups is 2. The highest BCUT2D eigenvalue weighted by Crippen LogP contribution is 2.47. The van der Waals surface area contributed by atoms with Crippen LogP contribution in [0.15, 0.2) is 66.8 Å². The van der Waals surface area contributed by atoms with Crippen molar-refractivity contribution in [3.8, 4) is 0 Å². The minimum atomic E-state index is -2.69. The van der Waals surface area contributed by atoms with Gasteiger partial charge in [-0.1, -0.05) is 41.0 Å². The zero-order valence-electron chi connectivity index (χ0n) is 25.4. The maximum atomic E-state index is 13.7. The van der Waals surface area contributed by atoms with Crippen LogP contribution in [0.5, 0.6) is 0 Å². The maximum Gasteiger partial charge on any atom is 0.438 e. The second-order valence-corrected chi connectivity index (χ2v) is 12.0. The highest BCUT2D eigenvalue weighted by Gasteiger charge is 2.69. The Bertz CT molecular complexity index is 1690. The number of aryl methyl sites for hydroxylation is 1. The van der Waals surface area contributed by atoms with Gasteiger partial charge in [-0.3, -0.25) is 14.7 Å². The summed E-state index contributed by atoms with van der Waals surface area (Å²) in [6, 6.07) is 12.4. The molecule has 4 aliphatic heterocycles. The van der Waals surface area contributed by atoms with Crippen LogP contribution in [0.2, 0.25) is 0 Å². The molecule has 2 fully saturated rings. The van der Waals surface area contributed by atoms with Gasteiger partial charge in [0.2, 0.25) is 0 Å². The number of halogens is 1. The predicted molar refractivity (Wildman–Crippen MR) is 158 cm³/mol. The molecule has 1 aliphatic carbocycles. The molecule has 4 atom stereocenters. The first kappa shape index (κ1) is 30.6. The van der Waals surface area contributed by atoms with Crippen molar-refractivity contribution in [3.05, 3.63) is 94.8 Å². The Kier molecular flexibility index (Phi) is 7.76. The molecule has 244 valence electrons. The largest absolute Gasteiger partial charge is 0.438 e. The molecule has 2 aromatic carbocycles. The summed E-state index contributed by atoms with van der Waals surface area (Å²) < 4.78 is 29.8. The predicted octanol–water partition coefficient (Wildman–Crippen LogP) is 2.27. The third-order valence-electron chi connectivity index (χ3n) is 9.12. The molecule has 0 bridgehead atoms. The first-order valence-corrected chi connectivity index (χ1v) is 15.3. The van der Waals surface area contributed by atoms with Crippen LogP contribution in [0.1, 0.15) is 40.6 Å². The molecule has 2 saturated heterocycles. The number of esters is 3. The Morgan fingerprint density at radius 2 is 1.45 bits per heavy atom. The van der Waals surface area contributed by atoms with E-state index in [9.17, 15) is 28.4 Å². The smallest absolute Gasteiger partial charge is 0.427 e. The van der Waals surface area contributed by atoms with E-state index in [1.54, 1.807) is 0 Å². The second-order valence-electron chi connectivity index (χ2n) is 12.0. The normalized spacial score (nSPS) is 29.2. The number of nitrogens with zero attached hydrogens (tertiary/aromatic N) is 4. The topological polar surface area (TPSA) is 135 Å². The number of urea groups is 1. The summed E-state index contributed by atoms with van der Waals surface area (Å²) in [6.45, 7) is 5.13. The average Bonchev–Trinajstić information content (AvgIpc) is 3.50. The van der Waals surface area contributed by atoms with Gasteiger partial charge in [0.25, 0.3) is 6.23 Å². The summed E-state index contributed by atoms with van der Waals surface area (Å²) in [5.74, 6) is -7.15. The fourth-order valence-electron chi connectivity index (χ4n) is 6.88. The molecule has 1 spiro atoms. The number of fused-ring (bicyclic) bond motifs is 1. The highest BCUT2D eigenvalue weighted by atomic mass is 19.1. The number of carbonyl (C=O) groups excluding carboxylic acids is 5. The molecule has 4 heterocycles. The van der Waals surface area contributed by atoms with Crippen LogP contribution in [0.4, 0.5) is 9.18 Å². The number of benzene rings is 2. The van der Waals surface area contributed by atoms with E-state index in [0.717, 1.165) is 54.3 Å². The van der Waals surface area contributed by atoms with Crippen molar-refractivity contribution in [3.63, 3.8) is 0 Å². The first-order chi connectivity index (χ1) is 22.6. The molecule has 0 saturated carbocycles. The van der Waals surface area contributed by atoms with Crippen molar-refractivity contribution >= 4 is 29.9 Å². The third kappa shape index (κ3) is 5.63. The molecular weight excluding hydrogens is 615 g/mol. The van der Waals surface area contributed by atoms with E-state index in [0.29, 0.717) is 24.7 Å².